The molecule has 1 aliphatic rings. The topological polar surface area (TPSA) is 45.0 Å². The van der Waals surface area contributed by atoms with E-state index in [0.717, 1.165) is 0 Å². The maximum atomic E-state index is 8.07. The van der Waals surface area contributed by atoms with Crippen LogP contribution >= 0.6 is 0 Å². The summed E-state index contributed by atoms with van der Waals surface area (Å²) in [5.41, 5.74) is 0. The minimum Gasteiger partial charge on any atom is -0.452 e. The summed E-state index contributed by atoms with van der Waals surface area (Å²) in [7, 11) is 0. The number of nitrogens with one attached hydrogen (secondary N) is 1. The molecule has 0 aromatic heterocycles. The van der Waals surface area contributed by atoms with Crippen molar-refractivity contribution in [3.05, 3.63) is 12.5 Å². The molecule has 1 radical (unpaired) electrons. The van der Waals surface area contributed by atoms with E-state index in [0.29, 0.717) is 0 Å². The van der Waals surface area contributed by atoms with E-state index >= 15 is 0 Å². The second-order valence-electron chi connectivity index (χ2n) is 1.06. The van der Waals surface area contributed by atoms with E-state index in [4.69, 9.17) is 5.26 Å². The maximum absolute atomic E-state index is 8.07. The Morgan fingerprint density at radius 1 is 2.00 bits per heavy atom. The third-order valence-electron chi connectivity index (χ3n) is 0.597. The molecule has 1 heterocycles. The lowest BCUT2D eigenvalue weighted by molar-refractivity contribution is 0.187. The zero-order valence-electron chi connectivity index (χ0n) is 3.51. The quantitative estimate of drug-likeness (QED) is 0.450. The fourth-order valence-corrected chi connectivity index (χ4v) is 0.309. The van der Waals surface area contributed by atoms with Gasteiger partial charge in [-0.15, -0.1) is 0 Å². The van der Waals surface area contributed by atoms with E-state index in [1.54, 1.807) is 0 Å². The van der Waals surface area contributed by atoms with Crippen LogP contribution in [0.5, 0.6) is 0 Å². The molecule has 7 heavy (non-hydrogen) atoms. The highest BCUT2D eigenvalue weighted by molar-refractivity contribution is 4.90. The van der Waals surface area contributed by atoms with Crippen LogP contribution in [-0.2, 0) is 4.74 Å². The SMILES string of the molecule is N#CC1NC=[C]O1. The molecular weight excluding hydrogens is 92.1 g/mol. The van der Waals surface area contributed by atoms with Gasteiger partial charge in [-0.1, -0.05) is 0 Å². The van der Waals surface area contributed by atoms with Gasteiger partial charge in [0.1, 0.15) is 6.07 Å². The van der Waals surface area contributed by atoms with Crippen LogP contribution in [0.4, 0.5) is 0 Å². The van der Waals surface area contributed by atoms with Crippen LogP contribution < -0.4 is 5.32 Å². The molecule has 0 amide bonds. The van der Waals surface area contributed by atoms with Crippen molar-refractivity contribution in [2.75, 3.05) is 0 Å². The number of nitriles is 1. The van der Waals surface area contributed by atoms with Crippen LogP contribution in [0.25, 0.3) is 0 Å². The van der Waals surface area contributed by atoms with Crippen LogP contribution in [0, 0.1) is 17.6 Å². The number of nitrogens with zero attached hydrogens (tertiary/aromatic N) is 1. The Labute approximate surface area is 41.2 Å². The van der Waals surface area contributed by atoms with Gasteiger partial charge < -0.3 is 10.1 Å². The molecule has 1 N–H and O–H groups in total. The van der Waals surface area contributed by atoms with Crippen molar-refractivity contribution < 1.29 is 4.74 Å². The van der Waals surface area contributed by atoms with Crippen molar-refractivity contribution in [3.63, 3.8) is 0 Å². The molecule has 1 unspecified atom stereocenters. The second kappa shape index (κ2) is 1.52. The van der Waals surface area contributed by atoms with Gasteiger partial charge in [0.25, 0.3) is 6.23 Å². The molecule has 0 spiro atoms. The predicted molar refractivity (Wildman–Crippen MR) is 21.4 cm³/mol. The van der Waals surface area contributed by atoms with Crippen molar-refractivity contribution in [1.82, 2.24) is 5.32 Å². The summed E-state index contributed by atoms with van der Waals surface area (Å²) in [5.74, 6) is 0. The molecule has 1 rings (SSSR count). The fourth-order valence-electron chi connectivity index (χ4n) is 0.309. The monoisotopic (exact) mass is 95.0 g/mol. The van der Waals surface area contributed by atoms with Crippen LogP contribution in [0.2, 0.25) is 0 Å². The molecule has 0 saturated heterocycles. The Hall–Kier alpha value is -1.17. The normalized spacial score (nSPS) is 25.3. The van der Waals surface area contributed by atoms with E-state index in [2.05, 4.69) is 16.3 Å². The molecule has 0 aromatic carbocycles. The Bertz CT molecular complexity index is 116. The van der Waals surface area contributed by atoms with Gasteiger partial charge in [0.05, 0.1) is 0 Å². The lowest BCUT2D eigenvalue weighted by Gasteiger charge is -1.95. The predicted octanol–water partition coefficient (Wildman–Crippen LogP) is -0.270. The first-order valence-corrected chi connectivity index (χ1v) is 1.82. The average Bonchev–Trinajstić information content (AvgIpc) is 2.14. The van der Waals surface area contributed by atoms with Gasteiger partial charge in [-0.25, -0.2) is 0 Å². The van der Waals surface area contributed by atoms with Crippen molar-refractivity contribution in [3.8, 4) is 6.07 Å². The highest BCUT2D eigenvalue weighted by Crippen LogP contribution is 1.90. The Balaban J connectivity index is 2.39. The van der Waals surface area contributed by atoms with E-state index in [-0.39, 0.29) is 0 Å². The first-order valence-electron chi connectivity index (χ1n) is 1.82. The van der Waals surface area contributed by atoms with Crippen molar-refractivity contribution in [1.29, 1.82) is 5.26 Å². The van der Waals surface area contributed by atoms with Gasteiger partial charge in [-0.2, -0.15) is 5.26 Å². The smallest absolute Gasteiger partial charge is 0.258 e. The van der Waals surface area contributed by atoms with Crippen molar-refractivity contribution in [2.24, 2.45) is 0 Å². The Morgan fingerprint density at radius 2 is 2.86 bits per heavy atom. The van der Waals surface area contributed by atoms with E-state index in [1.807, 2.05) is 6.07 Å². The van der Waals surface area contributed by atoms with Gasteiger partial charge in [-0.3, -0.25) is 0 Å². The minimum atomic E-state index is -0.514. The summed E-state index contributed by atoms with van der Waals surface area (Å²) in [6.45, 7) is 0. The summed E-state index contributed by atoms with van der Waals surface area (Å²) >= 11 is 0. The lowest BCUT2D eigenvalue weighted by atomic mass is 10.7. The molecule has 0 bridgehead atoms. The fraction of sp³-hybridized carbons (Fsp3) is 0.250. The second-order valence-corrected chi connectivity index (χ2v) is 1.06. The summed E-state index contributed by atoms with van der Waals surface area (Å²) in [5, 5.41) is 10.7. The molecule has 0 saturated carbocycles. The summed E-state index contributed by atoms with van der Waals surface area (Å²) < 4.78 is 4.52. The standard InChI is InChI=1S/C4H3N2O/c5-3-4-6-1-2-7-4/h1,4,6H. The zero-order chi connectivity index (χ0) is 5.11. The highest BCUT2D eigenvalue weighted by atomic mass is 16.5. The molecule has 0 aliphatic carbocycles. The third-order valence-corrected chi connectivity index (χ3v) is 0.597. The minimum absolute atomic E-state index is 0.514. The molecule has 1 atom stereocenters. The van der Waals surface area contributed by atoms with Gasteiger partial charge in [0.15, 0.2) is 6.26 Å². The lowest BCUT2D eigenvalue weighted by Crippen LogP contribution is -2.17. The molecule has 3 nitrogen and oxygen atoms in total. The molecular formula is C4H3N2O. The largest absolute Gasteiger partial charge is 0.452 e. The first-order chi connectivity index (χ1) is 3.43. The van der Waals surface area contributed by atoms with Gasteiger partial charge in [0, 0.05) is 6.20 Å². The van der Waals surface area contributed by atoms with Crippen LogP contribution in [0.3, 0.4) is 0 Å². The van der Waals surface area contributed by atoms with E-state index in [1.165, 1.54) is 6.20 Å². The Kier molecular flexibility index (Phi) is 0.868. The highest BCUT2D eigenvalue weighted by Gasteiger charge is 2.05. The molecule has 0 fully saturated rings. The van der Waals surface area contributed by atoms with Crippen molar-refractivity contribution in [2.45, 2.75) is 6.23 Å². The zero-order valence-corrected chi connectivity index (χ0v) is 3.51. The maximum Gasteiger partial charge on any atom is 0.258 e. The number of hydrogen-bond donors (Lipinski definition) is 1. The van der Waals surface area contributed by atoms with Crippen LogP contribution in [0.15, 0.2) is 6.20 Å². The van der Waals surface area contributed by atoms with Crippen molar-refractivity contribution >= 4 is 0 Å². The molecule has 0 aromatic rings. The van der Waals surface area contributed by atoms with Gasteiger partial charge in [0.2, 0.25) is 0 Å². The van der Waals surface area contributed by atoms with Gasteiger partial charge in [-0.05, 0) is 0 Å². The molecule has 35 valence electrons. The number of rotatable bonds is 0. The summed E-state index contributed by atoms with van der Waals surface area (Å²) in [4.78, 5) is 0. The first kappa shape index (κ1) is 4.00. The van der Waals surface area contributed by atoms with Gasteiger partial charge >= 0.3 is 0 Å². The van der Waals surface area contributed by atoms with E-state index < -0.39 is 6.23 Å². The van der Waals surface area contributed by atoms with Crippen LogP contribution in [0.1, 0.15) is 0 Å². The molecule has 3 heteroatoms. The summed E-state index contributed by atoms with van der Waals surface area (Å²) in [6.07, 6.45) is 3.32. The average molecular weight is 95.1 g/mol. The number of hydrogen-bond acceptors (Lipinski definition) is 3. The van der Waals surface area contributed by atoms with Crippen LogP contribution in [-0.4, -0.2) is 6.23 Å². The van der Waals surface area contributed by atoms with E-state index in [9.17, 15) is 0 Å². The third kappa shape index (κ3) is 0.631. The Morgan fingerprint density at radius 3 is 3.14 bits per heavy atom. The number of ether oxygens (including phenoxy) is 1. The summed E-state index contributed by atoms with van der Waals surface area (Å²) in [6, 6.07) is 1.84. The molecule has 1 aliphatic heterocycles.